The number of likely N-dealkylation sites (tertiary alicyclic amines) is 1. The van der Waals surface area contributed by atoms with Gasteiger partial charge in [-0.1, -0.05) is 35.7 Å². The first kappa shape index (κ1) is 14.6. The smallest absolute Gasteiger partial charge is 0.321 e. The van der Waals surface area contributed by atoms with E-state index in [9.17, 15) is 9.90 Å². The molecule has 1 N–H and O–H groups in total. The third kappa shape index (κ3) is 2.59. The molecule has 2 aliphatic rings. The van der Waals surface area contributed by atoms with Crippen molar-refractivity contribution in [1.82, 2.24) is 4.90 Å². The van der Waals surface area contributed by atoms with E-state index < -0.39 is 5.97 Å². The van der Waals surface area contributed by atoms with Gasteiger partial charge in [-0.3, -0.25) is 9.69 Å². The van der Waals surface area contributed by atoms with E-state index in [-0.39, 0.29) is 12.1 Å². The molecule has 2 fully saturated rings. The van der Waals surface area contributed by atoms with Crippen LogP contribution in [0.25, 0.3) is 0 Å². The SMILES string of the molecule is Cc1cc(C)cc(C(C)N2CC3CCCC3C2C(=O)O)c1. The van der Waals surface area contributed by atoms with E-state index >= 15 is 0 Å². The zero-order valence-electron chi connectivity index (χ0n) is 13.2. The molecule has 0 radical (unpaired) electrons. The Kier molecular flexibility index (Phi) is 3.78. The van der Waals surface area contributed by atoms with Crippen LogP contribution < -0.4 is 0 Å². The number of benzene rings is 1. The predicted octanol–water partition coefficient (Wildman–Crippen LogP) is 3.55. The molecule has 4 atom stereocenters. The molecular formula is C18H25NO2. The number of nitrogens with zero attached hydrogens (tertiary/aromatic N) is 1. The highest BCUT2D eigenvalue weighted by atomic mass is 16.4. The molecule has 1 aromatic rings. The van der Waals surface area contributed by atoms with Gasteiger partial charge in [0.25, 0.3) is 0 Å². The topological polar surface area (TPSA) is 40.5 Å². The Hall–Kier alpha value is -1.35. The lowest BCUT2D eigenvalue weighted by molar-refractivity contribution is -0.144. The Balaban J connectivity index is 1.89. The van der Waals surface area contributed by atoms with Crippen LogP contribution in [0.4, 0.5) is 0 Å². The number of hydrogen-bond acceptors (Lipinski definition) is 2. The molecule has 4 unspecified atom stereocenters. The molecule has 0 aromatic heterocycles. The van der Waals surface area contributed by atoms with E-state index in [0.29, 0.717) is 11.8 Å². The fourth-order valence-corrected chi connectivity index (χ4v) is 4.50. The van der Waals surface area contributed by atoms with Crippen molar-refractivity contribution in [3.05, 3.63) is 34.9 Å². The summed E-state index contributed by atoms with van der Waals surface area (Å²) in [6.45, 7) is 7.31. The van der Waals surface area contributed by atoms with Crippen LogP contribution in [0, 0.1) is 25.7 Å². The normalized spacial score (nSPS) is 30.3. The van der Waals surface area contributed by atoms with Gasteiger partial charge in [-0.05, 0) is 51.0 Å². The summed E-state index contributed by atoms with van der Waals surface area (Å²) in [6, 6.07) is 6.45. The first-order valence-corrected chi connectivity index (χ1v) is 8.04. The minimum atomic E-state index is -0.638. The highest BCUT2D eigenvalue weighted by Crippen LogP contribution is 2.45. The number of rotatable bonds is 3. The van der Waals surface area contributed by atoms with Crippen molar-refractivity contribution in [2.24, 2.45) is 11.8 Å². The van der Waals surface area contributed by atoms with E-state index in [1.165, 1.54) is 29.5 Å². The molecule has 1 aromatic carbocycles. The van der Waals surface area contributed by atoms with Crippen LogP contribution in [0.15, 0.2) is 18.2 Å². The van der Waals surface area contributed by atoms with Gasteiger partial charge >= 0.3 is 5.97 Å². The third-order valence-electron chi connectivity index (χ3n) is 5.40. The predicted molar refractivity (Wildman–Crippen MR) is 83.3 cm³/mol. The Bertz CT molecular complexity index is 534. The molecule has 1 saturated carbocycles. The van der Waals surface area contributed by atoms with Gasteiger partial charge < -0.3 is 5.11 Å². The second-order valence-electron chi connectivity index (χ2n) is 6.93. The summed E-state index contributed by atoms with van der Waals surface area (Å²) in [5, 5.41) is 9.69. The molecule has 0 amide bonds. The summed E-state index contributed by atoms with van der Waals surface area (Å²) in [7, 11) is 0. The summed E-state index contributed by atoms with van der Waals surface area (Å²) in [5.74, 6) is 0.302. The van der Waals surface area contributed by atoms with E-state index in [0.717, 1.165) is 13.0 Å². The van der Waals surface area contributed by atoms with Gasteiger partial charge in [0.05, 0.1) is 0 Å². The average Bonchev–Trinajstić information content (AvgIpc) is 2.95. The number of hydrogen-bond donors (Lipinski definition) is 1. The lowest BCUT2D eigenvalue weighted by atomic mass is 9.93. The molecule has 0 spiro atoms. The number of carboxylic acids is 1. The van der Waals surface area contributed by atoms with Crippen LogP contribution in [0.1, 0.15) is 48.9 Å². The molecule has 3 rings (SSSR count). The number of fused-ring (bicyclic) bond motifs is 1. The summed E-state index contributed by atoms with van der Waals surface area (Å²) < 4.78 is 0. The second kappa shape index (κ2) is 5.45. The van der Waals surface area contributed by atoms with Gasteiger partial charge in [0.1, 0.15) is 6.04 Å². The van der Waals surface area contributed by atoms with Crippen LogP contribution in [0.3, 0.4) is 0 Å². The quantitative estimate of drug-likeness (QED) is 0.924. The Morgan fingerprint density at radius 1 is 1.24 bits per heavy atom. The van der Waals surface area contributed by atoms with Crippen LogP contribution in [0.5, 0.6) is 0 Å². The zero-order valence-corrected chi connectivity index (χ0v) is 13.2. The molecule has 21 heavy (non-hydrogen) atoms. The Labute approximate surface area is 127 Å². The molecule has 3 nitrogen and oxygen atoms in total. The number of aryl methyl sites for hydroxylation is 2. The molecule has 1 aliphatic carbocycles. The molecule has 0 bridgehead atoms. The third-order valence-corrected chi connectivity index (χ3v) is 5.40. The maximum Gasteiger partial charge on any atom is 0.321 e. The van der Waals surface area contributed by atoms with Crippen LogP contribution >= 0.6 is 0 Å². The van der Waals surface area contributed by atoms with Gasteiger partial charge in [0.2, 0.25) is 0 Å². The van der Waals surface area contributed by atoms with Crippen molar-refractivity contribution in [3.8, 4) is 0 Å². The van der Waals surface area contributed by atoms with Gasteiger partial charge in [0.15, 0.2) is 0 Å². The van der Waals surface area contributed by atoms with Gasteiger partial charge in [-0.25, -0.2) is 0 Å². The molecule has 3 heteroatoms. The highest BCUT2D eigenvalue weighted by molar-refractivity contribution is 5.74. The maximum atomic E-state index is 11.8. The lowest BCUT2D eigenvalue weighted by Crippen LogP contribution is -2.41. The standard InChI is InChI=1S/C18H25NO2/c1-11-7-12(2)9-15(8-11)13(3)19-10-14-5-4-6-16(14)17(19)18(20)21/h7-9,13-14,16-17H,4-6,10H2,1-3H3,(H,20,21). The summed E-state index contributed by atoms with van der Waals surface area (Å²) in [6.07, 6.45) is 3.48. The zero-order chi connectivity index (χ0) is 15.1. The molecular weight excluding hydrogens is 262 g/mol. The highest BCUT2D eigenvalue weighted by Gasteiger charge is 2.49. The van der Waals surface area contributed by atoms with Crippen molar-refractivity contribution < 1.29 is 9.90 Å². The average molecular weight is 287 g/mol. The Morgan fingerprint density at radius 3 is 2.52 bits per heavy atom. The van der Waals surface area contributed by atoms with E-state index in [1.54, 1.807) is 0 Å². The van der Waals surface area contributed by atoms with Crippen LogP contribution in [-0.4, -0.2) is 28.6 Å². The first-order valence-electron chi connectivity index (χ1n) is 8.04. The van der Waals surface area contributed by atoms with Crippen LogP contribution in [0.2, 0.25) is 0 Å². The van der Waals surface area contributed by atoms with Crippen molar-refractivity contribution in [2.75, 3.05) is 6.54 Å². The first-order chi connectivity index (χ1) is 9.97. The molecule has 1 aliphatic heterocycles. The lowest BCUT2D eigenvalue weighted by Gasteiger charge is -2.31. The van der Waals surface area contributed by atoms with Crippen molar-refractivity contribution in [2.45, 2.75) is 52.1 Å². The number of carboxylic acid groups (broad SMARTS) is 1. The maximum absolute atomic E-state index is 11.8. The van der Waals surface area contributed by atoms with Crippen molar-refractivity contribution in [3.63, 3.8) is 0 Å². The van der Waals surface area contributed by atoms with Crippen molar-refractivity contribution >= 4 is 5.97 Å². The van der Waals surface area contributed by atoms with E-state index in [2.05, 4.69) is 43.9 Å². The monoisotopic (exact) mass is 287 g/mol. The number of aliphatic carboxylic acids is 1. The minimum absolute atomic E-state index is 0.176. The summed E-state index contributed by atoms with van der Waals surface area (Å²) in [4.78, 5) is 14.0. The van der Waals surface area contributed by atoms with Gasteiger partial charge in [-0.15, -0.1) is 0 Å². The fraction of sp³-hybridized carbons (Fsp3) is 0.611. The number of carbonyl (C=O) groups is 1. The van der Waals surface area contributed by atoms with E-state index in [4.69, 9.17) is 0 Å². The van der Waals surface area contributed by atoms with Gasteiger partial charge in [-0.2, -0.15) is 0 Å². The summed E-state index contributed by atoms with van der Waals surface area (Å²) >= 11 is 0. The minimum Gasteiger partial charge on any atom is -0.480 e. The van der Waals surface area contributed by atoms with Crippen LogP contribution in [-0.2, 0) is 4.79 Å². The second-order valence-corrected chi connectivity index (χ2v) is 6.93. The molecule has 114 valence electrons. The van der Waals surface area contributed by atoms with Gasteiger partial charge in [0, 0.05) is 12.6 Å². The summed E-state index contributed by atoms with van der Waals surface area (Å²) in [5.41, 5.74) is 3.75. The van der Waals surface area contributed by atoms with Crippen molar-refractivity contribution in [1.29, 1.82) is 0 Å². The molecule has 1 saturated heterocycles. The Morgan fingerprint density at radius 2 is 1.90 bits per heavy atom. The fourth-order valence-electron chi connectivity index (χ4n) is 4.50. The molecule has 1 heterocycles. The largest absolute Gasteiger partial charge is 0.480 e. The van der Waals surface area contributed by atoms with E-state index in [1.807, 2.05) is 0 Å².